The molecule has 0 aromatic heterocycles. The molecule has 0 spiro atoms. The second-order valence-corrected chi connectivity index (χ2v) is 4.78. The monoisotopic (exact) mass is 257 g/mol. The van der Waals surface area contributed by atoms with Crippen molar-refractivity contribution in [1.29, 1.82) is 0 Å². The van der Waals surface area contributed by atoms with Crippen molar-refractivity contribution in [1.82, 2.24) is 4.90 Å². The maximum atomic E-state index is 9.92. The van der Waals surface area contributed by atoms with Crippen LogP contribution in [0.3, 0.4) is 0 Å². The van der Waals surface area contributed by atoms with Crippen LogP contribution in [0.2, 0.25) is 0 Å². The Balaban J connectivity index is 0. The highest BCUT2D eigenvalue weighted by Gasteiger charge is 2.24. The van der Waals surface area contributed by atoms with Gasteiger partial charge in [0.25, 0.3) is 10.1 Å². The first-order valence-corrected chi connectivity index (χ1v) is 6.75. The van der Waals surface area contributed by atoms with Crippen molar-refractivity contribution in [2.24, 2.45) is 0 Å². The number of aliphatic hydroxyl groups excluding tert-OH is 2. The number of hydrogen-bond donors (Lipinski definition) is 3. The zero-order chi connectivity index (χ0) is 13.4. The third-order valence-electron chi connectivity index (χ3n) is 2.06. The molecule has 100 valence electrons. The maximum absolute atomic E-state index is 9.92. The minimum Gasteiger partial charge on any atom is -0.390 e. The van der Waals surface area contributed by atoms with E-state index in [2.05, 4.69) is 25.7 Å². The highest BCUT2D eigenvalue weighted by Crippen LogP contribution is 1.98. The summed E-state index contributed by atoms with van der Waals surface area (Å²) in [6, 6.07) is 0. The molecule has 0 saturated carbocycles. The predicted molar refractivity (Wildman–Crippen MR) is 62.7 cm³/mol. The van der Waals surface area contributed by atoms with E-state index in [4.69, 9.17) is 14.8 Å². The molecule has 0 fully saturated rings. The summed E-state index contributed by atoms with van der Waals surface area (Å²) in [6.07, 6.45) is -1.47. The van der Waals surface area contributed by atoms with Crippen molar-refractivity contribution >= 4 is 10.1 Å². The van der Waals surface area contributed by atoms with E-state index in [9.17, 15) is 8.42 Å². The van der Waals surface area contributed by atoms with Crippen molar-refractivity contribution in [3.05, 3.63) is 0 Å². The van der Waals surface area contributed by atoms with Gasteiger partial charge in [0.1, 0.15) is 0 Å². The molecule has 0 radical (unpaired) electrons. The predicted octanol–water partition coefficient (Wildman–Crippen LogP) is -0.0785. The van der Waals surface area contributed by atoms with Crippen LogP contribution in [0, 0.1) is 0 Å². The molecule has 2 atom stereocenters. The Labute approximate surface area is 97.6 Å². The third kappa shape index (κ3) is 9.05. The highest BCUT2D eigenvalue weighted by molar-refractivity contribution is 7.86. The van der Waals surface area contributed by atoms with Crippen molar-refractivity contribution in [2.45, 2.75) is 39.2 Å². The molecule has 0 heterocycles. The molecule has 2 unspecified atom stereocenters. The van der Waals surface area contributed by atoms with Gasteiger partial charge in [-0.05, 0) is 26.6 Å². The van der Waals surface area contributed by atoms with Gasteiger partial charge in [-0.25, -0.2) is 0 Å². The second-order valence-electron chi connectivity index (χ2n) is 3.27. The lowest BCUT2D eigenvalue weighted by Crippen LogP contribution is -2.30. The van der Waals surface area contributed by atoms with Crippen LogP contribution in [0.5, 0.6) is 0 Å². The minimum absolute atomic E-state index is 1.05. The fourth-order valence-corrected chi connectivity index (χ4v) is 1.42. The van der Waals surface area contributed by atoms with Gasteiger partial charge in [0.15, 0.2) is 0 Å². The van der Waals surface area contributed by atoms with Gasteiger partial charge in [0.2, 0.25) is 5.44 Å². The van der Waals surface area contributed by atoms with Gasteiger partial charge in [0.05, 0.1) is 6.10 Å². The Kier molecular flexibility index (Phi) is 10.1. The zero-order valence-electron chi connectivity index (χ0n) is 10.3. The van der Waals surface area contributed by atoms with E-state index in [0.29, 0.717) is 0 Å². The Morgan fingerprint density at radius 1 is 1.06 bits per heavy atom. The smallest absolute Gasteiger partial charge is 0.294 e. The summed E-state index contributed by atoms with van der Waals surface area (Å²) in [5.74, 6) is 0. The second kappa shape index (κ2) is 8.89. The van der Waals surface area contributed by atoms with E-state index >= 15 is 0 Å². The fraction of sp³-hybridized carbons (Fsp3) is 1.00. The van der Waals surface area contributed by atoms with Crippen molar-refractivity contribution in [3.63, 3.8) is 0 Å². The van der Waals surface area contributed by atoms with E-state index in [1.807, 2.05) is 0 Å². The Bertz CT molecular complexity index is 243. The lowest BCUT2D eigenvalue weighted by Gasteiger charge is -2.13. The fourth-order valence-electron chi connectivity index (χ4n) is 0.920. The third-order valence-corrected chi connectivity index (χ3v) is 3.06. The largest absolute Gasteiger partial charge is 0.390 e. The van der Waals surface area contributed by atoms with Crippen molar-refractivity contribution in [2.75, 3.05) is 19.6 Å². The van der Waals surface area contributed by atoms with Gasteiger partial charge >= 0.3 is 0 Å². The van der Waals surface area contributed by atoms with E-state index in [1.54, 1.807) is 0 Å². The molecule has 0 rings (SSSR count). The molecular formula is C9H23NO5S. The summed E-state index contributed by atoms with van der Waals surface area (Å²) < 4.78 is 27.9. The number of rotatable bonds is 5. The average Bonchev–Trinajstić information content (AvgIpc) is 2.19. The summed E-state index contributed by atoms with van der Waals surface area (Å²) in [7, 11) is -4.50. The summed E-state index contributed by atoms with van der Waals surface area (Å²) in [4.78, 5) is 2.38. The van der Waals surface area contributed by atoms with Crippen molar-refractivity contribution < 1.29 is 23.2 Å². The van der Waals surface area contributed by atoms with Crippen molar-refractivity contribution in [3.8, 4) is 0 Å². The zero-order valence-corrected chi connectivity index (χ0v) is 11.1. The van der Waals surface area contributed by atoms with Crippen LogP contribution in [0.1, 0.15) is 27.7 Å². The number of aliphatic hydroxyl groups is 2. The molecule has 0 aromatic carbocycles. The standard InChI is InChI=1S/C6H15N.C3H8O5S/c1-4-7(5-2)6-3;1-2(4)3(5)9(6,7)8/h4-6H2,1-3H3;2-5H,1H3,(H,6,7,8). The molecule has 7 heteroatoms. The summed E-state index contributed by atoms with van der Waals surface area (Å²) in [5, 5.41) is 16.7. The van der Waals surface area contributed by atoms with Gasteiger partial charge in [-0.15, -0.1) is 0 Å². The summed E-state index contributed by atoms with van der Waals surface area (Å²) in [6.45, 7) is 11.2. The van der Waals surface area contributed by atoms with Crippen LogP contribution >= 0.6 is 0 Å². The quantitative estimate of drug-likeness (QED) is 0.596. The highest BCUT2D eigenvalue weighted by atomic mass is 32.2. The first kappa shape index (κ1) is 18.2. The van der Waals surface area contributed by atoms with Gasteiger partial charge in [-0.1, -0.05) is 20.8 Å². The van der Waals surface area contributed by atoms with Gasteiger partial charge in [-0.2, -0.15) is 8.42 Å². The molecule has 0 bridgehead atoms. The Hall–Kier alpha value is -0.210. The van der Waals surface area contributed by atoms with E-state index < -0.39 is 21.7 Å². The minimum atomic E-state index is -4.50. The van der Waals surface area contributed by atoms with Gasteiger partial charge in [-0.3, -0.25) is 4.55 Å². The molecule has 0 aliphatic carbocycles. The van der Waals surface area contributed by atoms with Crippen LogP contribution in [0.25, 0.3) is 0 Å². The Morgan fingerprint density at radius 2 is 1.38 bits per heavy atom. The normalized spacial score (nSPS) is 15.2. The molecule has 0 amide bonds. The first-order valence-electron chi connectivity index (χ1n) is 5.25. The molecule has 0 aliphatic rings. The molecular weight excluding hydrogens is 234 g/mol. The van der Waals surface area contributed by atoms with Crippen LogP contribution < -0.4 is 0 Å². The maximum Gasteiger partial charge on any atom is 0.294 e. The van der Waals surface area contributed by atoms with E-state index in [0.717, 1.165) is 6.92 Å². The van der Waals surface area contributed by atoms with Crippen LogP contribution in [-0.4, -0.2) is 59.3 Å². The van der Waals surface area contributed by atoms with E-state index in [1.165, 1.54) is 19.6 Å². The SMILES string of the molecule is CC(O)C(O)S(=O)(=O)O.CCN(CC)CC. The summed E-state index contributed by atoms with van der Waals surface area (Å²) >= 11 is 0. The molecule has 6 nitrogen and oxygen atoms in total. The number of nitrogens with zero attached hydrogens (tertiary/aromatic N) is 1. The van der Waals surface area contributed by atoms with Crippen LogP contribution in [0.15, 0.2) is 0 Å². The average molecular weight is 257 g/mol. The molecule has 0 saturated heterocycles. The number of hydrogen-bond acceptors (Lipinski definition) is 5. The Morgan fingerprint density at radius 3 is 1.38 bits per heavy atom. The molecule has 0 aromatic rings. The van der Waals surface area contributed by atoms with E-state index in [-0.39, 0.29) is 0 Å². The van der Waals surface area contributed by atoms with Gasteiger partial charge in [0, 0.05) is 0 Å². The molecule has 0 aliphatic heterocycles. The lowest BCUT2D eigenvalue weighted by atomic mass is 10.4. The van der Waals surface area contributed by atoms with Gasteiger partial charge < -0.3 is 15.1 Å². The van der Waals surface area contributed by atoms with Crippen LogP contribution in [0.4, 0.5) is 0 Å². The topological polar surface area (TPSA) is 98.1 Å². The molecule has 16 heavy (non-hydrogen) atoms. The first-order chi connectivity index (χ1) is 7.20. The van der Waals surface area contributed by atoms with Crippen LogP contribution in [-0.2, 0) is 10.1 Å². The molecule has 3 N–H and O–H groups in total. The lowest BCUT2D eigenvalue weighted by molar-refractivity contribution is 0.0755. The summed E-state index contributed by atoms with van der Waals surface area (Å²) in [5.41, 5.74) is -2.10.